The Kier molecular flexibility index (Phi) is 4.34. The van der Waals surface area contributed by atoms with Gasteiger partial charge in [-0.15, -0.1) is 0 Å². The van der Waals surface area contributed by atoms with E-state index in [4.69, 9.17) is 4.52 Å². The minimum Gasteiger partial charge on any atom is -0.338 e. The zero-order chi connectivity index (χ0) is 18.4. The van der Waals surface area contributed by atoms with Gasteiger partial charge in [-0.05, 0) is 57.7 Å². The van der Waals surface area contributed by atoms with E-state index in [1.54, 1.807) is 4.90 Å². The number of hydrogen-bond acceptors (Lipinski definition) is 5. The van der Waals surface area contributed by atoms with Gasteiger partial charge >= 0.3 is 0 Å². The van der Waals surface area contributed by atoms with Crippen LogP contribution in [0, 0.1) is 0 Å². The SMILES string of the molecule is O=C(c1cc(C2CC2)nc2onc(C3CCNCC3)c12)N1CCC(F)CC1. The molecule has 2 aliphatic heterocycles. The smallest absolute Gasteiger partial charge is 0.259 e. The van der Waals surface area contributed by atoms with Crippen molar-refractivity contribution in [3.63, 3.8) is 0 Å². The average Bonchev–Trinajstić information content (AvgIpc) is 3.47. The molecule has 2 saturated heterocycles. The Morgan fingerprint density at radius 3 is 2.56 bits per heavy atom. The third kappa shape index (κ3) is 3.22. The van der Waals surface area contributed by atoms with Gasteiger partial charge < -0.3 is 14.7 Å². The fourth-order valence-electron chi connectivity index (χ4n) is 4.34. The first-order valence-electron chi connectivity index (χ1n) is 10.1. The molecule has 0 radical (unpaired) electrons. The highest BCUT2D eigenvalue weighted by Crippen LogP contribution is 2.41. The lowest BCUT2D eigenvalue weighted by Crippen LogP contribution is -2.39. The minimum atomic E-state index is -0.797. The normalized spacial score (nSPS) is 22.5. The van der Waals surface area contributed by atoms with Gasteiger partial charge in [0.15, 0.2) is 0 Å². The summed E-state index contributed by atoms with van der Waals surface area (Å²) < 4.78 is 19.1. The highest BCUT2D eigenvalue weighted by Gasteiger charge is 2.33. The number of carbonyl (C=O) groups excluding carboxylic acids is 1. The van der Waals surface area contributed by atoms with Crippen molar-refractivity contribution in [1.82, 2.24) is 20.4 Å². The van der Waals surface area contributed by atoms with E-state index in [1.807, 2.05) is 6.07 Å². The van der Waals surface area contributed by atoms with E-state index in [2.05, 4.69) is 15.5 Å². The van der Waals surface area contributed by atoms with Crippen molar-refractivity contribution in [3.8, 4) is 0 Å². The lowest BCUT2D eigenvalue weighted by Gasteiger charge is -2.29. The fraction of sp³-hybridized carbons (Fsp3) is 0.650. The van der Waals surface area contributed by atoms with Crippen molar-refractivity contribution in [2.45, 2.75) is 56.5 Å². The van der Waals surface area contributed by atoms with Crippen LogP contribution in [-0.2, 0) is 0 Å². The van der Waals surface area contributed by atoms with Gasteiger partial charge in [-0.25, -0.2) is 9.37 Å². The van der Waals surface area contributed by atoms with Gasteiger partial charge in [0.05, 0.1) is 16.6 Å². The first-order valence-corrected chi connectivity index (χ1v) is 10.1. The molecule has 0 unspecified atom stereocenters. The number of amides is 1. The second-order valence-corrected chi connectivity index (χ2v) is 8.11. The fourth-order valence-corrected chi connectivity index (χ4v) is 4.34. The quantitative estimate of drug-likeness (QED) is 0.896. The van der Waals surface area contributed by atoms with Crippen LogP contribution >= 0.6 is 0 Å². The van der Waals surface area contributed by atoms with Gasteiger partial charge in [-0.1, -0.05) is 5.16 Å². The Hall–Kier alpha value is -2.02. The minimum absolute atomic E-state index is 0.0328. The summed E-state index contributed by atoms with van der Waals surface area (Å²) in [5, 5.41) is 8.49. The van der Waals surface area contributed by atoms with Crippen LogP contribution in [0.15, 0.2) is 10.6 Å². The third-order valence-corrected chi connectivity index (χ3v) is 6.16. The van der Waals surface area contributed by atoms with Crippen molar-refractivity contribution in [3.05, 3.63) is 23.0 Å². The van der Waals surface area contributed by atoms with Gasteiger partial charge in [0.2, 0.25) is 0 Å². The molecule has 1 amide bonds. The first-order chi connectivity index (χ1) is 13.2. The van der Waals surface area contributed by atoms with Crippen molar-refractivity contribution in [2.24, 2.45) is 0 Å². The Labute approximate surface area is 157 Å². The van der Waals surface area contributed by atoms with Crippen molar-refractivity contribution in [1.29, 1.82) is 0 Å². The molecule has 6 nitrogen and oxygen atoms in total. The lowest BCUT2D eigenvalue weighted by atomic mass is 9.91. The van der Waals surface area contributed by atoms with Crippen molar-refractivity contribution in [2.75, 3.05) is 26.2 Å². The maximum atomic E-state index is 13.5. The van der Waals surface area contributed by atoms with Crippen LogP contribution < -0.4 is 5.32 Å². The van der Waals surface area contributed by atoms with E-state index in [9.17, 15) is 9.18 Å². The van der Waals surface area contributed by atoms with Crippen LogP contribution in [0.25, 0.3) is 11.1 Å². The largest absolute Gasteiger partial charge is 0.338 e. The summed E-state index contributed by atoms with van der Waals surface area (Å²) in [6.45, 7) is 2.83. The maximum Gasteiger partial charge on any atom is 0.259 e. The zero-order valence-electron chi connectivity index (χ0n) is 15.4. The number of piperidine rings is 2. The number of nitrogens with one attached hydrogen (secondary N) is 1. The number of nitrogens with zero attached hydrogens (tertiary/aromatic N) is 3. The highest BCUT2D eigenvalue weighted by molar-refractivity contribution is 6.06. The number of rotatable bonds is 3. The molecule has 144 valence electrons. The Balaban J connectivity index is 1.57. The number of halogens is 1. The Morgan fingerprint density at radius 2 is 1.85 bits per heavy atom. The molecule has 3 fully saturated rings. The summed E-state index contributed by atoms with van der Waals surface area (Å²) >= 11 is 0. The van der Waals surface area contributed by atoms with Gasteiger partial charge in [-0.3, -0.25) is 4.79 Å². The molecule has 3 aliphatic rings. The maximum absolute atomic E-state index is 13.5. The molecule has 0 bridgehead atoms. The summed E-state index contributed by atoms with van der Waals surface area (Å²) in [7, 11) is 0. The molecule has 1 aliphatic carbocycles. The lowest BCUT2D eigenvalue weighted by molar-refractivity contribution is 0.0668. The van der Waals surface area contributed by atoms with E-state index in [0.717, 1.165) is 55.5 Å². The van der Waals surface area contributed by atoms with Crippen LogP contribution in [0.5, 0.6) is 0 Å². The third-order valence-electron chi connectivity index (χ3n) is 6.16. The van der Waals surface area contributed by atoms with Crippen LogP contribution in [-0.4, -0.2) is 53.3 Å². The number of carbonyl (C=O) groups is 1. The van der Waals surface area contributed by atoms with Crippen LogP contribution in [0.4, 0.5) is 4.39 Å². The Morgan fingerprint density at radius 1 is 1.11 bits per heavy atom. The molecule has 0 aromatic carbocycles. The monoisotopic (exact) mass is 372 g/mol. The summed E-state index contributed by atoms with van der Waals surface area (Å²) in [4.78, 5) is 19.8. The average molecular weight is 372 g/mol. The first kappa shape index (κ1) is 17.1. The number of pyridine rings is 1. The summed E-state index contributed by atoms with van der Waals surface area (Å²) in [6, 6.07) is 1.95. The standard InChI is InChI=1S/C20H25FN4O2/c21-14-5-9-25(10-6-14)20(26)15-11-16(12-1-2-12)23-19-17(15)18(24-27-19)13-3-7-22-8-4-13/h11-14,22H,1-10H2. The van der Waals surface area contributed by atoms with E-state index in [-0.39, 0.29) is 11.8 Å². The zero-order valence-corrected chi connectivity index (χ0v) is 15.4. The predicted molar refractivity (Wildman–Crippen MR) is 98.7 cm³/mol. The summed E-state index contributed by atoms with van der Waals surface area (Å²) in [6.07, 6.45) is 4.21. The summed E-state index contributed by atoms with van der Waals surface area (Å²) in [5.41, 5.74) is 2.93. The van der Waals surface area contributed by atoms with E-state index in [0.29, 0.717) is 43.1 Å². The molecule has 4 heterocycles. The Bertz CT molecular complexity index is 849. The molecule has 7 heteroatoms. The second kappa shape index (κ2) is 6.86. The number of aromatic nitrogens is 2. The van der Waals surface area contributed by atoms with Gasteiger partial charge in [-0.2, -0.15) is 0 Å². The van der Waals surface area contributed by atoms with Gasteiger partial charge in [0.25, 0.3) is 11.6 Å². The van der Waals surface area contributed by atoms with Crippen LogP contribution in [0.2, 0.25) is 0 Å². The topological polar surface area (TPSA) is 71.3 Å². The van der Waals surface area contributed by atoms with Crippen molar-refractivity contribution < 1.29 is 13.7 Å². The molecule has 2 aromatic rings. The molecule has 27 heavy (non-hydrogen) atoms. The number of fused-ring (bicyclic) bond motifs is 1. The molecule has 0 atom stereocenters. The molecule has 1 N–H and O–H groups in total. The predicted octanol–water partition coefficient (Wildman–Crippen LogP) is 3.14. The molecule has 0 spiro atoms. The van der Waals surface area contributed by atoms with Crippen LogP contribution in [0.1, 0.15) is 72.1 Å². The van der Waals surface area contributed by atoms with E-state index < -0.39 is 6.17 Å². The van der Waals surface area contributed by atoms with E-state index in [1.165, 1.54) is 0 Å². The number of hydrogen-bond donors (Lipinski definition) is 1. The highest BCUT2D eigenvalue weighted by atomic mass is 19.1. The molecule has 1 saturated carbocycles. The van der Waals surface area contributed by atoms with Crippen molar-refractivity contribution >= 4 is 17.0 Å². The number of likely N-dealkylation sites (tertiary alicyclic amines) is 1. The molecule has 5 rings (SSSR count). The van der Waals surface area contributed by atoms with E-state index >= 15 is 0 Å². The van der Waals surface area contributed by atoms with Gasteiger partial charge in [0, 0.05) is 30.6 Å². The second-order valence-electron chi connectivity index (χ2n) is 8.11. The van der Waals surface area contributed by atoms with Crippen LogP contribution in [0.3, 0.4) is 0 Å². The van der Waals surface area contributed by atoms with Gasteiger partial charge in [0.1, 0.15) is 6.17 Å². The molecular weight excluding hydrogens is 347 g/mol. The molecular formula is C20H25FN4O2. The molecule has 2 aromatic heterocycles. The number of alkyl halides is 1. The summed E-state index contributed by atoms with van der Waals surface area (Å²) in [5.74, 6) is 0.670.